The molecule has 0 N–H and O–H groups in total. The van der Waals surface area contributed by atoms with Crippen molar-refractivity contribution >= 4 is 0 Å². The summed E-state index contributed by atoms with van der Waals surface area (Å²) in [7, 11) is 0. The van der Waals surface area contributed by atoms with E-state index in [0.29, 0.717) is 0 Å². The van der Waals surface area contributed by atoms with Gasteiger partial charge in [-0.25, -0.2) is 9.97 Å². The molecule has 2 aromatic carbocycles. The molecule has 0 atom stereocenters. The minimum atomic E-state index is 0.799. The molecule has 2 heterocycles. The number of nitrogens with zero attached hydrogens (tertiary/aromatic N) is 3. The molecule has 126 valence electrons. The first-order chi connectivity index (χ1) is 12.9. The van der Waals surface area contributed by atoms with Crippen molar-refractivity contribution < 1.29 is 0 Å². The topological polar surface area (TPSA) is 38.7 Å². The van der Waals surface area contributed by atoms with Gasteiger partial charge >= 0.3 is 0 Å². The van der Waals surface area contributed by atoms with Gasteiger partial charge in [-0.05, 0) is 18.6 Å². The highest BCUT2D eigenvalue weighted by Crippen LogP contribution is 2.32. The summed E-state index contributed by atoms with van der Waals surface area (Å²) < 4.78 is 0. The summed E-state index contributed by atoms with van der Waals surface area (Å²) in [4.78, 5) is 14.5. The Labute approximate surface area is 153 Å². The average Bonchev–Trinajstić information content (AvgIpc) is 2.74. The Bertz CT molecular complexity index is 998. The van der Waals surface area contributed by atoms with E-state index in [0.717, 1.165) is 46.0 Å². The molecule has 0 amide bonds. The lowest BCUT2D eigenvalue weighted by atomic mass is 10.0. The van der Waals surface area contributed by atoms with E-state index in [1.54, 1.807) is 6.20 Å². The molecule has 0 aliphatic carbocycles. The van der Waals surface area contributed by atoms with Gasteiger partial charge in [0.15, 0.2) is 0 Å². The Morgan fingerprint density at radius 2 is 1.19 bits per heavy atom. The zero-order chi connectivity index (χ0) is 17.8. The van der Waals surface area contributed by atoms with Crippen LogP contribution in [0.5, 0.6) is 0 Å². The molecule has 0 aliphatic heterocycles. The molecule has 0 saturated carbocycles. The Morgan fingerprint density at radius 3 is 1.73 bits per heavy atom. The number of benzene rings is 2. The van der Waals surface area contributed by atoms with Crippen LogP contribution >= 0.6 is 0 Å². The van der Waals surface area contributed by atoms with Gasteiger partial charge in [0.25, 0.3) is 0 Å². The number of aromatic nitrogens is 3. The lowest BCUT2D eigenvalue weighted by molar-refractivity contribution is 1.01. The van der Waals surface area contributed by atoms with Gasteiger partial charge < -0.3 is 0 Å². The molecule has 0 radical (unpaired) electrons. The Balaban J connectivity index is 2.00. The van der Waals surface area contributed by atoms with Gasteiger partial charge in [0.1, 0.15) is 5.69 Å². The maximum atomic E-state index is 5.04. The number of pyridine rings is 1. The number of hydrogen-bond acceptors (Lipinski definition) is 3. The van der Waals surface area contributed by atoms with Crippen molar-refractivity contribution in [1.82, 2.24) is 15.0 Å². The first-order valence-electron chi connectivity index (χ1n) is 8.80. The van der Waals surface area contributed by atoms with Crippen LogP contribution in [0.15, 0.2) is 85.1 Å². The van der Waals surface area contributed by atoms with Crippen molar-refractivity contribution in [3.05, 3.63) is 90.8 Å². The molecule has 4 rings (SSSR count). The van der Waals surface area contributed by atoms with E-state index in [2.05, 4.69) is 36.2 Å². The number of aryl methyl sites for hydroxylation is 1. The van der Waals surface area contributed by atoms with Crippen molar-refractivity contribution in [2.24, 2.45) is 0 Å². The smallest absolute Gasteiger partial charge is 0.111 e. The Hall–Kier alpha value is -3.33. The summed E-state index contributed by atoms with van der Waals surface area (Å²) in [5.74, 6) is 0. The zero-order valence-electron chi connectivity index (χ0n) is 14.6. The van der Waals surface area contributed by atoms with Crippen LogP contribution in [0.3, 0.4) is 0 Å². The maximum absolute atomic E-state index is 5.04. The van der Waals surface area contributed by atoms with Crippen LogP contribution in [0, 0.1) is 0 Å². The second-order valence-electron chi connectivity index (χ2n) is 6.02. The minimum absolute atomic E-state index is 0.799. The van der Waals surface area contributed by atoms with E-state index < -0.39 is 0 Å². The summed E-state index contributed by atoms with van der Waals surface area (Å²) >= 11 is 0. The summed E-state index contributed by atoms with van der Waals surface area (Å²) in [5.41, 5.74) is 6.59. The van der Waals surface area contributed by atoms with Crippen LogP contribution in [0.1, 0.15) is 12.6 Å². The van der Waals surface area contributed by atoms with E-state index in [-0.39, 0.29) is 0 Å². The molecule has 0 bridgehead atoms. The van der Waals surface area contributed by atoms with Crippen molar-refractivity contribution in [3.63, 3.8) is 0 Å². The van der Waals surface area contributed by atoms with Crippen molar-refractivity contribution in [2.45, 2.75) is 13.3 Å². The van der Waals surface area contributed by atoms with Crippen LogP contribution in [0.4, 0.5) is 0 Å². The van der Waals surface area contributed by atoms with Crippen LogP contribution in [0.2, 0.25) is 0 Å². The highest BCUT2D eigenvalue weighted by atomic mass is 14.9. The van der Waals surface area contributed by atoms with Crippen LogP contribution in [-0.4, -0.2) is 15.0 Å². The van der Waals surface area contributed by atoms with E-state index in [1.807, 2.05) is 54.6 Å². The molecule has 0 unspecified atom stereocenters. The van der Waals surface area contributed by atoms with Crippen molar-refractivity contribution in [1.29, 1.82) is 0 Å². The van der Waals surface area contributed by atoms with Crippen molar-refractivity contribution in [3.8, 4) is 33.9 Å². The van der Waals surface area contributed by atoms with Gasteiger partial charge in [0.2, 0.25) is 0 Å². The molecule has 0 spiro atoms. The van der Waals surface area contributed by atoms with Crippen LogP contribution in [0.25, 0.3) is 33.9 Å². The molecule has 26 heavy (non-hydrogen) atoms. The highest BCUT2D eigenvalue weighted by molar-refractivity contribution is 5.80. The molecule has 0 aliphatic rings. The predicted octanol–water partition coefficient (Wildman–Crippen LogP) is 5.44. The highest BCUT2D eigenvalue weighted by Gasteiger charge is 2.17. The molecule has 3 nitrogen and oxygen atoms in total. The third-order valence-electron chi connectivity index (χ3n) is 4.30. The predicted molar refractivity (Wildman–Crippen MR) is 106 cm³/mol. The van der Waals surface area contributed by atoms with Gasteiger partial charge in [0, 0.05) is 17.3 Å². The van der Waals surface area contributed by atoms with E-state index in [1.165, 1.54) is 0 Å². The first-order valence-corrected chi connectivity index (χ1v) is 8.80. The molecular weight excluding hydrogens is 318 g/mol. The standard InChI is InChI=1S/C23H19N3/c1-2-19-23(20-15-9-10-16-24-20)26-22(18-13-7-4-8-14-18)21(25-19)17-11-5-3-6-12-17/h3-16H,2H2,1H3. The quantitative estimate of drug-likeness (QED) is 0.498. The van der Waals surface area contributed by atoms with Gasteiger partial charge in [-0.3, -0.25) is 4.98 Å². The second-order valence-corrected chi connectivity index (χ2v) is 6.02. The van der Waals surface area contributed by atoms with Crippen LogP contribution < -0.4 is 0 Å². The largest absolute Gasteiger partial charge is 0.255 e. The van der Waals surface area contributed by atoms with E-state index >= 15 is 0 Å². The van der Waals surface area contributed by atoms with Gasteiger partial charge in [-0.2, -0.15) is 0 Å². The lowest BCUT2D eigenvalue weighted by Crippen LogP contribution is -2.03. The van der Waals surface area contributed by atoms with E-state index in [9.17, 15) is 0 Å². The SMILES string of the molecule is CCc1nc(-c2ccccc2)c(-c2ccccc2)nc1-c1ccccn1. The molecule has 0 fully saturated rings. The third kappa shape index (κ3) is 3.11. The third-order valence-corrected chi connectivity index (χ3v) is 4.30. The monoisotopic (exact) mass is 337 g/mol. The van der Waals surface area contributed by atoms with Gasteiger partial charge in [-0.1, -0.05) is 73.7 Å². The lowest BCUT2D eigenvalue weighted by Gasteiger charge is -2.14. The molecule has 3 heteroatoms. The van der Waals surface area contributed by atoms with Crippen LogP contribution in [-0.2, 0) is 6.42 Å². The zero-order valence-corrected chi connectivity index (χ0v) is 14.6. The van der Waals surface area contributed by atoms with E-state index in [4.69, 9.17) is 9.97 Å². The number of hydrogen-bond donors (Lipinski definition) is 0. The van der Waals surface area contributed by atoms with Crippen molar-refractivity contribution in [2.75, 3.05) is 0 Å². The Morgan fingerprint density at radius 1 is 0.615 bits per heavy atom. The maximum Gasteiger partial charge on any atom is 0.111 e. The fraction of sp³-hybridized carbons (Fsp3) is 0.0870. The summed E-state index contributed by atoms with van der Waals surface area (Å²) in [6.07, 6.45) is 2.59. The molecule has 4 aromatic rings. The summed E-state index contributed by atoms with van der Waals surface area (Å²) in [6, 6.07) is 26.3. The average molecular weight is 337 g/mol. The molecule has 0 saturated heterocycles. The second kappa shape index (κ2) is 7.28. The fourth-order valence-corrected chi connectivity index (χ4v) is 3.02. The van der Waals surface area contributed by atoms with Gasteiger partial charge in [0.05, 0.1) is 22.8 Å². The molecule has 2 aromatic heterocycles. The normalized spacial score (nSPS) is 10.7. The Kier molecular flexibility index (Phi) is 4.52. The molecular formula is C23H19N3. The summed E-state index contributed by atoms with van der Waals surface area (Å²) in [6.45, 7) is 2.10. The fourth-order valence-electron chi connectivity index (χ4n) is 3.02. The number of rotatable bonds is 4. The first kappa shape index (κ1) is 16.2. The minimum Gasteiger partial charge on any atom is -0.255 e. The van der Waals surface area contributed by atoms with Gasteiger partial charge in [-0.15, -0.1) is 0 Å². The summed E-state index contributed by atoms with van der Waals surface area (Å²) in [5, 5.41) is 0.